The first kappa shape index (κ1) is 39.8. The Kier molecular flexibility index (Phi) is 17.5. The quantitative estimate of drug-likeness (QED) is 0.104. The summed E-state index contributed by atoms with van der Waals surface area (Å²) in [6.07, 6.45) is 6.25. The van der Waals surface area contributed by atoms with Crippen molar-refractivity contribution in [2.75, 3.05) is 19.7 Å². The number of carboxylic acids is 1. The second-order valence-electron chi connectivity index (χ2n) is 12.7. The number of amides is 4. The molecule has 2 unspecified atom stereocenters. The number of aliphatic carboxylic acids is 1. The molecule has 0 aromatic heterocycles. The zero-order chi connectivity index (χ0) is 35.6. The molecule has 0 spiro atoms. The van der Waals surface area contributed by atoms with E-state index in [1.807, 2.05) is 37.3 Å². The van der Waals surface area contributed by atoms with Gasteiger partial charge in [0.25, 0.3) is 5.91 Å². The molecule has 3 rings (SSSR count). The van der Waals surface area contributed by atoms with Gasteiger partial charge in [0.1, 0.15) is 25.3 Å². The molecule has 1 aromatic rings. The van der Waals surface area contributed by atoms with E-state index in [-0.39, 0.29) is 37.5 Å². The summed E-state index contributed by atoms with van der Waals surface area (Å²) in [6, 6.07) is 7.05. The molecule has 4 N–H and O–H groups in total. The summed E-state index contributed by atoms with van der Waals surface area (Å²) >= 11 is 0. The van der Waals surface area contributed by atoms with E-state index in [1.54, 1.807) is 0 Å². The van der Waals surface area contributed by atoms with Crippen LogP contribution in [0.5, 0.6) is 0 Å². The number of likely N-dealkylation sites (tertiary alicyclic amines) is 1. The minimum Gasteiger partial charge on any atom is -0.480 e. The molecule has 1 saturated heterocycles. The van der Waals surface area contributed by atoms with Crippen molar-refractivity contribution in [1.82, 2.24) is 20.9 Å². The minimum atomic E-state index is -2.75. The first-order chi connectivity index (χ1) is 23.6. The third-order valence-electron chi connectivity index (χ3n) is 8.81. The van der Waals surface area contributed by atoms with Crippen molar-refractivity contribution in [2.24, 2.45) is 5.92 Å². The van der Waals surface area contributed by atoms with E-state index in [0.29, 0.717) is 45.1 Å². The van der Waals surface area contributed by atoms with Gasteiger partial charge in [-0.25, -0.2) is 9.59 Å². The van der Waals surface area contributed by atoms with E-state index in [1.165, 1.54) is 11.8 Å². The standard InChI is InChI=1S/C34H51N4O10P/c1-3-4-17-27(23-47-49(45)48-24(2)32(41)38-21-12-19-29(38)33(42)43)36-31(40)28(37-30(39)26-15-8-9-16-26)18-10-11-20-35-34(44)46-22-25-13-6-5-7-14-25/h5-7,13-14,24,26-29H,3-4,8-12,15-23H2,1-2H3,(H3-,35,36,37,39,40,42,43,44)/p+1/t24-,27?,28-,29-/m0/s1. The minimum absolute atomic E-state index is 0.132. The lowest BCUT2D eigenvalue weighted by atomic mass is 10.0. The van der Waals surface area contributed by atoms with E-state index >= 15 is 0 Å². The number of hydrogen-bond donors (Lipinski definition) is 4. The molecule has 2 aliphatic rings. The third-order valence-corrected chi connectivity index (χ3v) is 9.66. The van der Waals surface area contributed by atoms with Gasteiger partial charge in [-0.2, -0.15) is 0 Å². The highest BCUT2D eigenvalue weighted by Gasteiger charge is 2.40. The van der Waals surface area contributed by atoms with Gasteiger partial charge in [-0.15, -0.1) is 9.05 Å². The van der Waals surface area contributed by atoms with E-state index in [9.17, 15) is 33.6 Å². The van der Waals surface area contributed by atoms with Crippen molar-refractivity contribution in [3.05, 3.63) is 35.9 Å². The average molecular weight is 708 g/mol. The summed E-state index contributed by atoms with van der Waals surface area (Å²) in [5, 5.41) is 18.0. The van der Waals surface area contributed by atoms with Crippen LogP contribution in [-0.2, 0) is 44.1 Å². The van der Waals surface area contributed by atoms with Crippen LogP contribution in [0.1, 0.15) is 96.5 Å². The van der Waals surface area contributed by atoms with Gasteiger partial charge in [0.15, 0.2) is 6.10 Å². The number of nitrogens with one attached hydrogen (secondary N) is 3. The second kappa shape index (κ2) is 21.5. The van der Waals surface area contributed by atoms with Crippen molar-refractivity contribution >= 4 is 38.0 Å². The fourth-order valence-corrected chi connectivity index (χ4v) is 6.72. The van der Waals surface area contributed by atoms with Gasteiger partial charge in [-0.3, -0.25) is 14.4 Å². The Hall–Kier alpha value is -3.61. The molecule has 1 aliphatic heterocycles. The van der Waals surface area contributed by atoms with Crippen LogP contribution >= 0.6 is 8.25 Å². The van der Waals surface area contributed by atoms with Crippen LogP contribution in [0.2, 0.25) is 0 Å². The Bertz CT molecular complexity index is 1250. The Morgan fingerprint density at radius 3 is 2.41 bits per heavy atom. The number of carbonyl (C=O) groups excluding carboxylic acids is 4. The van der Waals surface area contributed by atoms with Gasteiger partial charge in [0.2, 0.25) is 11.8 Å². The maximum Gasteiger partial charge on any atom is 0.698 e. The van der Waals surface area contributed by atoms with Crippen molar-refractivity contribution in [3.63, 3.8) is 0 Å². The summed E-state index contributed by atoms with van der Waals surface area (Å²) in [7, 11) is -2.75. The lowest BCUT2D eigenvalue weighted by Crippen LogP contribution is -2.51. The summed E-state index contributed by atoms with van der Waals surface area (Å²) in [5.41, 5.74) is 0.879. The van der Waals surface area contributed by atoms with Gasteiger partial charge in [-0.1, -0.05) is 62.9 Å². The number of alkyl carbamates (subject to hydrolysis) is 1. The highest BCUT2D eigenvalue weighted by Crippen LogP contribution is 2.29. The molecule has 0 bridgehead atoms. The van der Waals surface area contributed by atoms with Crippen LogP contribution in [0.4, 0.5) is 4.79 Å². The maximum absolute atomic E-state index is 13.5. The summed E-state index contributed by atoms with van der Waals surface area (Å²) in [6.45, 7) is 4.02. The van der Waals surface area contributed by atoms with E-state index < -0.39 is 50.5 Å². The predicted octanol–water partition coefficient (Wildman–Crippen LogP) is 4.59. The number of carboxylic acid groups (broad SMARTS) is 1. The van der Waals surface area contributed by atoms with Crippen LogP contribution in [0.25, 0.3) is 0 Å². The molecule has 5 atom stereocenters. The van der Waals surface area contributed by atoms with Crippen LogP contribution in [0, 0.1) is 5.92 Å². The Labute approximate surface area is 289 Å². The zero-order valence-corrected chi connectivity index (χ0v) is 29.5. The second-order valence-corrected chi connectivity index (χ2v) is 13.6. The van der Waals surface area contributed by atoms with E-state index in [2.05, 4.69) is 16.0 Å². The van der Waals surface area contributed by atoms with E-state index in [4.69, 9.17) is 13.8 Å². The number of benzene rings is 1. The maximum atomic E-state index is 13.5. The molecule has 2 fully saturated rings. The Morgan fingerprint density at radius 1 is 0.980 bits per heavy atom. The molecule has 4 amide bonds. The fourth-order valence-electron chi connectivity index (χ4n) is 6.01. The highest BCUT2D eigenvalue weighted by molar-refractivity contribution is 7.33. The fraction of sp³-hybridized carbons (Fsp3) is 0.676. The molecular weight excluding hydrogens is 655 g/mol. The molecule has 0 radical (unpaired) electrons. The number of carbonyl (C=O) groups is 5. The molecule has 15 heteroatoms. The van der Waals surface area contributed by atoms with Gasteiger partial charge in [-0.05, 0) is 63.9 Å². The molecular formula is C34H52N4O10P+. The van der Waals surface area contributed by atoms with Crippen LogP contribution in [0.3, 0.4) is 0 Å². The molecule has 49 heavy (non-hydrogen) atoms. The average Bonchev–Trinajstić information content (AvgIpc) is 3.81. The number of hydrogen-bond acceptors (Lipinski definition) is 9. The molecule has 1 saturated carbocycles. The van der Waals surface area contributed by atoms with Gasteiger partial charge < -0.3 is 30.7 Å². The molecule has 272 valence electrons. The summed E-state index contributed by atoms with van der Waals surface area (Å²) in [5.74, 6) is -2.35. The zero-order valence-electron chi connectivity index (χ0n) is 28.6. The van der Waals surface area contributed by atoms with E-state index in [0.717, 1.165) is 44.1 Å². The van der Waals surface area contributed by atoms with Crippen LogP contribution < -0.4 is 16.0 Å². The largest absolute Gasteiger partial charge is 0.698 e. The number of ether oxygens (including phenoxy) is 1. The summed E-state index contributed by atoms with van der Waals surface area (Å²) in [4.78, 5) is 64.1. The van der Waals surface area contributed by atoms with Crippen molar-refractivity contribution in [2.45, 2.75) is 122 Å². The monoisotopic (exact) mass is 707 g/mol. The first-order valence-electron chi connectivity index (χ1n) is 17.4. The third kappa shape index (κ3) is 14.0. The first-order valence-corrected chi connectivity index (χ1v) is 18.5. The SMILES string of the molecule is CCCCC(CO[P+](=O)O[C@@H](C)C(=O)N1CCC[C@H]1C(=O)O)NC(=O)[C@H](CCCCNC(=O)OCc1ccccc1)NC(=O)C1CCCC1. The Morgan fingerprint density at radius 2 is 1.71 bits per heavy atom. The van der Waals surface area contributed by atoms with Gasteiger partial charge >= 0.3 is 20.3 Å². The normalized spacial score (nSPS) is 18.3. The lowest BCUT2D eigenvalue weighted by molar-refractivity contribution is -0.151. The van der Waals surface area contributed by atoms with Crippen LogP contribution in [0.15, 0.2) is 30.3 Å². The van der Waals surface area contributed by atoms with Crippen molar-refractivity contribution in [3.8, 4) is 0 Å². The van der Waals surface area contributed by atoms with Crippen molar-refractivity contribution in [1.29, 1.82) is 0 Å². The molecule has 14 nitrogen and oxygen atoms in total. The smallest absolute Gasteiger partial charge is 0.480 e. The highest BCUT2D eigenvalue weighted by atomic mass is 31.1. The number of nitrogens with zero attached hydrogens (tertiary/aromatic N) is 1. The summed E-state index contributed by atoms with van der Waals surface area (Å²) < 4.78 is 28.6. The number of rotatable bonds is 21. The van der Waals surface area contributed by atoms with Gasteiger partial charge in [0.05, 0.1) is 6.04 Å². The molecule has 1 aromatic carbocycles. The topological polar surface area (TPSA) is 190 Å². The Balaban J connectivity index is 1.50. The predicted molar refractivity (Wildman–Crippen MR) is 180 cm³/mol. The van der Waals surface area contributed by atoms with Crippen LogP contribution in [-0.4, -0.2) is 83.7 Å². The lowest BCUT2D eigenvalue weighted by Gasteiger charge is -2.24. The van der Waals surface area contributed by atoms with Gasteiger partial charge in [0, 0.05) is 23.6 Å². The number of unbranched alkanes of at least 4 members (excludes halogenated alkanes) is 2. The molecule has 1 aliphatic carbocycles. The molecule has 1 heterocycles. The van der Waals surface area contributed by atoms with Crippen molar-refractivity contribution < 1.29 is 47.4 Å².